The highest BCUT2D eigenvalue weighted by Crippen LogP contribution is 2.50. The fourth-order valence-electron chi connectivity index (χ4n) is 2.82. The molecule has 0 radical (unpaired) electrons. The fraction of sp³-hybridized carbons (Fsp3) is 0.267. The van der Waals surface area contributed by atoms with Crippen LogP contribution in [0.15, 0.2) is 30.5 Å². The molecule has 4 heterocycles. The summed E-state index contributed by atoms with van der Waals surface area (Å²) >= 11 is 5.97. The highest BCUT2D eigenvalue weighted by atomic mass is 32.2. The first-order valence-corrected chi connectivity index (χ1v) is 16.7. The Hall–Kier alpha value is -0.960. The van der Waals surface area contributed by atoms with Crippen molar-refractivity contribution in [2.24, 2.45) is 0 Å². The molecule has 0 amide bonds. The molecule has 1 aliphatic heterocycles. The first kappa shape index (κ1) is 25.1. The molecule has 0 unspecified atom stereocenters. The van der Waals surface area contributed by atoms with Crippen LogP contribution in [0.2, 0.25) is 0 Å². The molecular weight excluding hydrogens is 593 g/mol. The largest absolute Gasteiger partial charge is 0.747 e. The molecule has 10 nitrogen and oxygen atoms in total. The average Bonchev–Trinajstić information content (AvgIpc) is 3.36. The van der Waals surface area contributed by atoms with E-state index in [0.717, 1.165) is 45.3 Å². The second-order valence-electron chi connectivity index (χ2n) is 6.42. The third-order valence-electron chi connectivity index (χ3n) is 4.08. The highest BCUT2D eigenvalue weighted by Gasteiger charge is 2.31. The molecule has 0 saturated carbocycles. The number of anilines is 1. The maximum atomic E-state index is 11.7. The predicted octanol–water partition coefficient (Wildman–Crippen LogP) is 2.41. The fourth-order valence-corrected chi connectivity index (χ4v) is 11.8. The van der Waals surface area contributed by atoms with Crippen LogP contribution in [0, 0.1) is 0 Å². The van der Waals surface area contributed by atoms with E-state index in [1.54, 1.807) is 12.2 Å². The van der Waals surface area contributed by atoms with E-state index in [1.165, 1.54) is 32.6 Å². The Balaban J connectivity index is 1.79. The molecule has 0 aromatic carbocycles. The maximum Gasteiger partial charge on any atom is 0.295 e. The molecule has 178 valence electrons. The van der Waals surface area contributed by atoms with E-state index in [4.69, 9.17) is 0 Å². The zero-order valence-corrected chi connectivity index (χ0v) is 22.7. The van der Waals surface area contributed by atoms with Gasteiger partial charge >= 0.3 is 0 Å². The summed E-state index contributed by atoms with van der Waals surface area (Å²) in [7, 11) is -9.27. The zero-order valence-electron chi connectivity index (χ0n) is 16.2. The number of hydrogen-bond donors (Lipinski definition) is 0. The van der Waals surface area contributed by atoms with Crippen LogP contribution in [0.3, 0.4) is 0 Å². The average molecular weight is 604 g/mol. The second kappa shape index (κ2) is 9.25. The van der Waals surface area contributed by atoms with Crippen molar-refractivity contribution in [3.63, 3.8) is 0 Å². The lowest BCUT2D eigenvalue weighted by molar-refractivity contribution is -0.647. The minimum Gasteiger partial charge on any atom is -0.747 e. The summed E-state index contributed by atoms with van der Waals surface area (Å²) in [6.07, 6.45) is 3.77. The second-order valence-corrected chi connectivity index (χ2v) is 16.2. The quantitative estimate of drug-likeness (QED) is 0.290. The third kappa shape index (κ3) is 5.82. The van der Waals surface area contributed by atoms with Gasteiger partial charge in [0, 0.05) is 6.08 Å². The van der Waals surface area contributed by atoms with Crippen molar-refractivity contribution in [3.8, 4) is 0 Å². The van der Waals surface area contributed by atoms with Gasteiger partial charge < -0.3 is 14.0 Å². The van der Waals surface area contributed by atoms with Crippen LogP contribution < -0.4 is 17.6 Å². The van der Waals surface area contributed by atoms with Crippen molar-refractivity contribution in [2.75, 3.05) is 10.8 Å². The Morgan fingerprint density at radius 1 is 1.00 bits per heavy atom. The van der Waals surface area contributed by atoms with Crippen molar-refractivity contribution in [1.82, 2.24) is 0 Å². The number of allylic oxidation sites excluding steroid dienone is 2. The monoisotopic (exact) mass is 603 g/mol. The molecule has 0 N–H and O–H groups in total. The molecule has 3 aromatic rings. The van der Waals surface area contributed by atoms with Crippen LogP contribution in [-0.2, 0) is 26.1 Å². The number of aromatic nitrogens is 1. The van der Waals surface area contributed by atoms with Crippen LogP contribution in [0.25, 0.3) is 14.9 Å². The minimum atomic E-state index is -4.64. The first-order chi connectivity index (χ1) is 15.3. The van der Waals surface area contributed by atoms with E-state index in [9.17, 15) is 35.5 Å². The van der Waals surface area contributed by atoms with Gasteiger partial charge in [0.15, 0.2) is 14.1 Å². The van der Waals surface area contributed by atoms with Gasteiger partial charge in [-0.1, -0.05) is 52.7 Å². The summed E-state index contributed by atoms with van der Waals surface area (Å²) in [6.45, 7) is 1.83. The Morgan fingerprint density at radius 3 is 2.33 bits per heavy atom. The summed E-state index contributed by atoms with van der Waals surface area (Å²) in [5, 5.41) is 1.27. The summed E-state index contributed by atoms with van der Waals surface area (Å²) < 4.78 is 70.7. The van der Waals surface area contributed by atoms with E-state index >= 15 is 0 Å². The molecule has 0 spiro atoms. The molecular formula is C15H11N2O8S8-. The van der Waals surface area contributed by atoms with Crippen LogP contribution in [-0.4, -0.2) is 31.8 Å². The number of hydrogen-bond acceptors (Lipinski definition) is 15. The SMILES string of the molecule is CCC(/C=C1\Sc2sc(=O)sc2N1CS(=O)(=O)[O-])=C\c1sc2sc(=O)sc2[n+]1CS(=O)(=O)[O-]. The molecule has 0 aliphatic carbocycles. The smallest absolute Gasteiger partial charge is 0.295 e. The van der Waals surface area contributed by atoms with Crippen molar-refractivity contribution in [3.05, 3.63) is 39.4 Å². The lowest BCUT2D eigenvalue weighted by Crippen LogP contribution is -2.38. The zero-order chi connectivity index (χ0) is 24.1. The third-order valence-corrected chi connectivity index (χ3v) is 12.3. The highest BCUT2D eigenvalue weighted by molar-refractivity contribution is 8.05. The lowest BCUT2D eigenvalue weighted by Gasteiger charge is -2.21. The van der Waals surface area contributed by atoms with Gasteiger partial charge in [-0.05, 0) is 40.7 Å². The number of thiazole rings is 1. The molecule has 4 rings (SSSR count). The first-order valence-electron chi connectivity index (χ1n) is 8.68. The van der Waals surface area contributed by atoms with E-state index in [-0.39, 0.29) is 8.11 Å². The summed E-state index contributed by atoms with van der Waals surface area (Å²) in [5.41, 5.74) is 0.659. The predicted molar refractivity (Wildman–Crippen MR) is 131 cm³/mol. The standard InChI is InChI=1S/C15H12N2O8S8/c1-2-7(3-8-16(5-32(20,21)22)10-12(26-8)30-14(18)28-10)4-9-17(6-33(23,24)25)11-13(27-9)31-15(19)29-11/h3-4H,2,5-6H2,1H3,(H-,20,21,22,23,24,25)/p-1. The molecule has 1 aliphatic rings. The topological polar surface area (TPSA) is 156 Å². The van der Waals surface area contributed by atoms with E-state index in [0.29, 0.717) is 40.1 Å². The number of rotatable bonds is 7. The molecule has 33 heavy (non-hydrogen) atoms. The van der Waals surface area contributed by atoms with Crippen LogP contribution in [0.1, 0.15) is 18.4 Å². The Kier molecular flexibility index (Phi) is 7.04. The van der Waals surface area contributed by atoms with Gasteiger partial charge in [-0.3, -0.25) is 9.59 Å². The molecule has 0 bridgehead atoms. The van der Waals surface area contributed by atoms with Gasteiger partial charge in [-0.2, -0.15) is 4.57 Å². The van der Waals surface area contributed by atoms with Crippen LogP contribution in [0.5, 0.6) is 0 Å². The van der Waals surface area contributed by atoms with Crippen molar-refractivity contribution >= 4 is 109 Å². The molecule has 0 atom stereocenters. The van der Waals surface area contributed by atoms with E-state index < -0.39 is 32.0 Å². The van der Waals surface area contributed by atoms with Gasteiger partial charge in [0.25, 0.3) is 18.0 Å². The Morgan fingerprint density at radius 2 is 1.70 bits per heavy atom. The normalized spacial score (nSPS) is 16.3. The van der Waals surface area contributed by atoms with E-state index in [1.807, 2.05) is 6.92 Å². The van der Waals surface area contributed by atoms with E-state index in [2.05, 4.69) is 0 Å². The van der Waals surface area contributed by atoms with Gasteiger partial charge in [-0.25, -0.2) is 16.8 Å². The van der Waals surface area contributed by atoms with Crippen LogP contribution in [0.4, 0.5) is 5.00 Å². The van der Waals surface area contributed by atoms with Crippen molar-refractivity contribution in [1.29, 1.82) is 0 Å². The van der Waals surface area contributed by atoms with Gasteiger partial charge in [0.2, 0.25) is 5.88 Å². The lowest BCUT2D eigenvalue weighted by atomic mass is 10.2. The Labute approximate surface area is 211 Å². The van der Waals surface area contributed by atoms with Gasteiger partial charge in [-0.15, -0.1) is 0 Å². The van der Waals surface area contributed by atoms with Crippen molar-refractivity contribution < 1.29 is 30.5 Å². The molecule has 3 aromatic heterocycles. The summed E-state index contributed by atoms with van der Waals surface area (Å²) in [5.74, 6) is -1.67. The minimum absolute atomic E-state index is 0.219. The molecule has 0 fully saturated rings. The number of thioether (sulfide) groups is 1. The summed E-state index contributed by atoms with van der Waals surface area (Å²) in [6, 6.07) is 0. The number of fused-ring (bicyclic) bond motifs is 2. The summed E-state index contributed by atoms with van der Waals surface area (Å²) in [4.78, 5) is 25.1. The molecule has 0 saturated heterocycles. The van der Waals surface area contributed by atoms with Gasteiger partial charge in [0.1, 0.15) is 25.2 Å². The molecule has 18 heteroatoms. The number of nitrogens with zero attached hydrogens (tertiary/aromatic N) is 2. The maximum absolute atomic E-state index is 11.7. The van der Waals surface area contributed by atoms with Gasteiger partial charge in [0.05, 0.1) is 5.03 Å². The van der Waals surface area contributed by atoms with Crippen molar-refractivity contribution in [2.45, 2.75) is 23.4 Å². The Bertz CT molecular complexity index is 1630. The van der Waals surface area contributed by atoms with Crippen LogP contribution >= 0.6 is 68.4 Å².